The molecule has 7 heteroatoms. The molecule has 0 aliphatic heterocycles. The maximum absolute atomic E-state index is 12.2. The Morgan fingerprint density at radius 2 is 1.85 bits per heavy atom. The fraction of sp³-hybridized carbons (Fsp3) is 0.105. The van der Waals surface area contributed by atoms with E-state index in [0.717, 1.165) is 5.39 Å². The van der Waals surface area contributed by atoms with Gasteiger partial charge in [-0.1, -0.05) is 18.2 Å². The highest BCUT2D eigenvalue weighted by molar-refractivity contribution is 5.99. The fourth-order valence-electron chi connectivity index (χ4n) is 2.38. The molecule has 2 amide bonds. The van der Waals surface area contributed by atoms with Gasteiger partial charge in [0, 0.05) is 10.9 Å². The van der Waals surface area contributed by atoms with Crippen LogP contribution in [0.1, 0.15) is 21.7 Å². The number of rotatable bonds is 4. The second kappa shape index (κ2) is 7.40. The number of hydrogen-bond acceptors (Lipinski definition) is 5. The molecule has 0 radical (unpaired) electrons. The number of amides is 2. The van der Waals surface area contributed by atoms with E-state index in [1.807, 2.05) is 24.3 Å². The maximum Gasteiger partial charge on any atom is 0.305 e. The van der Waals surface area contributed by atoms with Crippen molar-refractivity contribution in [2.45, 2.75) is 6.92 Å². The van der Waals surface area contributed by atoms with E-state index >= 15 is 0 Å². The number of ether oxygens (including phenoxy) is 1. The van der Waals surface area contributed by atoms with Gasteiger partial charge in [-0.15, -0.1) is 0 Å². The van der Waals surface area contributed by atoms with Crippen molar-refractivity contribution in [1.29, 1.82) is 5.26 Å². The average molecular weight is 349 g/mol. The summed E-state index contributed by atoms with van der Waals surface area (Å²) >= 11 is 0. The van der Waals surface area contributed by atoms with Gasteiger partial charge >= 0.3 is 5.91 Å². The molecule has 0 aliphatic carbocycles. The summed E-state index contributed by atoms with van der Waals surface area (Å²) in [7, 11) is 0. The quantitative estimate of drug-likeness (QED) is 0.704. The molecule has 0 spiro atoms. The highest BCUT2D eigenvalue weighted by Crippen LogP contribution is 2.24. The Balaban J connectivity index is 1.54. The van der Waals surface area contributed by atoms with Crippen LogP contribution in [0.2, 0.25) is 0 Å². The van der Waals surface area contributed by atoms with Crippen LogP contribution in [0.25, 0.3) is 11.0 Å². The Morgan fingerprint density at radius 3 is 2.54 bits per heavy atom. The van der Waals surface area contributed by atoms with Crippen molar-refractivity contribution >= 4 is 22.8 Å². The van der Waals surface area contributed by atoms with Crippen LogP contribution in [-0.4, -0.2) is 18.4 Å². The van der Waals surface area contributed by atoms with E-state index in [1.165, 1.54) is 0 Å². The Labute approximate surface area is 149 Å². The Kier molecular flexibility index (Phi) is 4.85. The monoisotopic (exact) mass is 349 g/mol. The topological polar surface area (TPSA) is 104 Å². The van der Waals surface area contributed by atoms with Crippen LogP contribution in [0.15, 0.2) is 52.9 Å². The van der Waals surface area contributed by atoms with Gasteiger partial charge in [0.2, 0.25) is 0 Å². The standard InChI is InChI=1S/C19H15N3O4/c1-12-15-4-2-3-5-16(15)26-18(12)19(24)22-21-17(23)11-25-14-8-6-13(10-20)7-9-14/h2-9H,11H2,1H3,(H,21,23)(H,22,24). The summed E-state index contributed by atoms with van der Waals surface area (Å²) in [6.07, 6.45) is 0. The van der Waals surface area contributed by atoms with Gasteiger partial charge in [-0.2, -0.15) is 5.26 Å². The number of nitriles is 1. The number of fused-ring (bicyclic) bond motifs is 1. The van der Waals surface area contributed by atoms with Crippen molar-refractivity contribution in [1.82, 2.24) is 10.9 Å². The molecule has 2 N–H and O–H groups in total. The molecule has 0 atom stereocenters. The lowest BCUT2D eigenvalue weighted by atomic mass is 10.1. The number of hydrogen-bond donors (Lipinski definition) is 2. The van der Waals surface area contributed by atoms with Crippen LogP contribution in [0.3, 0.4) is 0 Å². The molecule has 3 rings (SSSR count). The second-order valence-electron chi connectivity index (χ2n) is 5.48. The first-order valence-corrected chi connectivity index (χ1v) is 7.79. The molecule has 0 saturated carbocycles. The van der Waals surface area contributed by atoms with E-state index in [1.54, 1.807) is 37.3 Å². The molecular formula is C19H15N3O4. The highest BCUT2D eigenvalue weighted by atomic mass is 16.5. The van der Waals surface area contributed by atoms with Crippen molar-refractivity contribution in [2.75, 3.05) is 6.61 Å². The van der Waals surface area contributed by atoms with Crippen LogP contribution in [0.4, 0.5) is 0 Å². The number of aryl methyl sites for hydroxylation is 1. The minimum Gasteiger partial charge on any atom is -0.484 e. The summed E-state index contributed by atoms with van der Waals surface area (Å²) in [4.78, 5) is 24.0. The zero-order chi connectivity index (χ0) is 18.5. The molecule has 0 aliphatic rings. The van der Waals surface area contributed by atoms with Gasteiger partial charge in [0.05, 0.1) is 11.6 Å². The maximum atomic E-state index is 12.2. The van der Waals surface area contributed by atoms with Crippen LogP contribution in [0.5, 0.6) is 5.75 Å². The van der Waals surface area contributed by atoms with E-state index in [9.17, 15) is 9.59 Å². The highest BCUT2D eigenvalue weighted by Gasteiger charge is 2.17. The Hall–Kier alpha value is -3.79. The zero-order valence-corrected chi connectivity index (χ0v) is 13.9. The number of carbonyl (C=O) groups excluding carboxylic acids is 2. The number of nitrogens with one attached hydrogen (secondary N) is 2. The zero-order valence-electron chi connectivity index (χ0n) is 13.9. The number of carbonyl (C=O) groups is 2. The van der Waals surface area contributed by atoms with E-state index in [4.69, 9.17) is 14.4 Å². The SMILES string of the molecule is Cc1c(C(=O)NNC(=O)COc2ccc(C#N)cc2)oc2ccccc12. The first kappa shape index (κ1) is 17.0. The van der Waals surface area contributed by atoms with Crippen molar-refractivity contribution in [3.05, 3.63) is 65.4 Å². The first-order chi connectivity index (χ1) is 12.6. The van der Waals surface area contributed by atoms with Crippen LogP contribution >= 0.6 is 0 Å². The molecule has 0 unspecified atom stereocenters. The summed E-state index contributed by atoms with van der Waals surface area (Å²) < 4.78 is 10.8. The number of furan rings is 1. The van der Waals surface area contributed by atoms with E-state index < -0.39 is 11.8 Å². The molecular weight excluding hydrogens is 334 g/mol. The Bertz CT molecular complexity index is 1000. The summed E-state index contributed by atoms with van der Waals surface area (Å²) in [5.74, 6) is -0.500. The predicted octanol–water partition coefficient (Wildman–Crippen LogP) is 2.45. The van der Waals surface area contributed by atoms with Gasteiger partial charge in [0.15, 0.2) is 12.4 Å². The van der Waals surface area contributed by atoms with Crippen molar-refractivity contribution in [3.63, 3.8) is 0 Å². The number of benzene rings is 2. The van der Waals surface area contributed by atoms with Crippen LogP contribution in [-0.2, 0) is 4.79 Å². The molecule has 0 saturated heterocycles. The summed E-state index contributed by atoms with van der Waals surface area (Å²) in [6.45, 7) is 1.49. The molecule has 2 aromatic carbocycles. The van der Waals surface area contributed by atoms with E-state index in [0.29, 0.717) is 22.5 Å². The normalized spacial score (nSPS) is 10.2. The smallest absolute Gasteiger partial charge is 0.305 e. The van der Waals surface area contributed by atoms with Gasteiger partial charge in [-0.05, 0) is 37.3 Å². The minimum atomic E-state index is -0.551. The average Bonchev–Trinajstić information content (AvgIpc) is 3.02. The molecule has 130 valence electrons. The van der Waals surface area contributed by atoms with Crippen molar-refractivity contribution in [2.24, 2.45) is 0 Å². The molecule has 0 fully saturated rings. The lowest BCUT2D eigenvalue weighted by molar-refractivity contribution is -0.123. The third-order valence-corrected chi connectivity index (χ3v) is 3.72. The van der Waals surface area contributed by atoms with Crippen molar-refractivity contribution < 1.29 is 18.7 Å². The molecule has 1 aromatic heterocycles. The van der Waals surface area contributed by atoms with Gasteiger partial charge in [0.25, 0.3) is 5.91 Å². The third kappa shape index (κ3) is 3.65. The number of para-hydroxylation sites is 1. The summed E-state index contributed by atoms with van der Waals surface area (Å²) in [6, 6.07) is 15.6. The van der Waals surface area contributed by atoms with Gasteiger partial charge in [-0.3, -0.25) is 20.4 Å². The van der Waals surface area contributed by atoms with E-state index in [-0.39, 0.29) is 12.4 Å². The summed E-state index contributed by atoms with van der Waals surface area (Å²) in [5.41, 5.74) is 6.36. The fourth-order valence-corrected chi connectivity index (χ4v) is 2.38. The molecule has 1 heterocycles. The molecule has 26 heavy (non-hydrogen) atoms. The second-order valence-corrected chi connectivity index (χ2v) is 5.48. The van der Waals surface area contributed by atoms with Gasteiger partial charge in [-0.25, -0.2) is 0 Å². The lowest BCUT2D eigenvalue weighted by Gasteiger charge is -2.08. The molecule has 0 bridgehead atoms. The first-order valence-electron chi connectivity index (χ1n) is 7.79. The van der Waals surface area contributed by atoms with Crippen LogP contribution in [0, 0.1) is 18.3 Å². The minimum absolute atomic E-state index is 0.138. The lowest BCUT2D eigenvalue weighted by Crippen LogP contribution is -2.43. The summed E-state index contributed by atoms with van der Waals surface area (Å²) in [5, 5.41) is 9.57. The third-order valence-electron chi connectivity index (χ3n) is 3.72. The largest absolute Gasteiger partial charge is 0.484 e. The van der Waals surface area contributed by atoms with E-state index in [2.05, 4.69) is 10.9 Å². The molecule has 7 nitrogen and oxygen atoms in total. The number of hydrazine groups is 1. The van der Waals surface area contributed by atoms with Gasteiger partial charge < -0.3 is 9.15 Å². The van der Waals surface area contributed by atoms with Crippen molar-refractivity contribution in [3.8, 4) is 11.8 Å². The van der Waals surface area contributed by atoms with Gasteiger partial charge in [0.1, 0.15) is 11.3 Å². The van der Waals surface area contributed by atoms with Crippen LogP contribution < -0.4 is 15.6 Å². The number of nitrogens with zero attached hydrogens (tertiary/aromatic N) is 1. The Morgan fingerprint density at radius 1 is 1.12 bits per heavy atom. The predicted molar refractivity (Wildman–Crippen MR) is 93.2 cm³/mol. The molecule has 3 aromatic rings.